The fourth-order valence-corrected chi connectivity index (χ4v) is 0.625. The number of ether oxygens (including phenoxy) is 1. The Bertz CT molecular complexity index is 355. The molecular formula is C9H10O7. The van der Waals surface area contributed by atoms with E-state index < -0.39 is 23.5 Å². The zero-order valence-corrected chi connectivity index (χ0v) is 8.28. The molecule has 7 heteroatoms. The predicted molar refractivity (Wildman–Crippen MR) is 50.7 cm³/mol. The lowest BCUT2D eigenvalue weighted by atomic mass is 10.1. The molecule has 0 bridgehead atoms. The van der Waals surface area contributed by atoms with Gasteiger partial charge in [-0.2, -0.15) is 0 Å². The van der Waals surface area contributed by atoms with Gasteiger partial charge in [0.2, 0.25) is 5.60 Å². The highest BCUT2D eigenvalue weighted by Gasteiger charge is 2.31. The highest BCUT2D eigenvalue weighted by molar-refractivity contribution is 5.85. The first-order valence-electron chi connectivity index (χ1n) is 4.01. The van der Waals surface area contributed by atoms with E-state index >= 15 is 0 Å². The van der Waals surface area contributed by atoms with Gasteiger partial charge in [-0.1, -0.05) is 0 Å². The lowest BCUT2D eigenvalue weighted by Crippen LogP contribution is -2.34. The van der Waals surface area contributed by atoms with Crippen molar-refractivity contribution in [1.29, 1.82) is 0 Å². The fraction of sp³-hybridized carbons (Fsp3) is 0.222. The van der Waals surface area contributed by atoms with Crippen LogP contribution in [-0.2, 0) is 19.1 Å². The first kappa shape index (κ1) is 13.7. The molecule has 16 heavy (non-hydrogen) atoms. The maximum absolute atomic E-state index is 10.8. The van der Waals surface area contributed by atoms with Crippen molar-refractivity contribution in [3.8, 4) is 0 Å². The summed E-state index contributed by atoms with van der Waals surface area (Å²) in [5, 5.41) is 25.3. The van der Waals surface area contributed by atoms with Gasteiger partial charge in [0, 0.05) is 6.08 Å². The third-order valence-electron chi connectivity index (χ3n) is 1.49. The van der Waals surface area contributed by atoms with E-state index in [2.05, 4.69) is 4.74 Å². The predicted octanol–water partition coefficient (Wildman–Crippen LogP) is 0.0854. The molecule has 0 aromatic carbocycles. The van der Waals surface area contributed by atoms with Crippen LogP contribution >= 0.6 is 0 Å². The van der Waals surface area contributed by atoms with Crippen LogP contribution in [-0.4, -0.2) is 38.8 Å². The number of carboxylic acid groups (broad SMARTS) is 3. The molecule has 0 aliphatic rings. The van der Waals surface area contributed by atoms with Crippen LogP contribution in [0.1, 0.15) is 6.92 Å². The smallest absolute Gasteiger partial charge is 0.351 e. The van der Waals surface area contributed by atoms with Crippen LogP contribution in [0.15, 0.2) is 24.5 Å². The molecule has 1 atom stereocenters. The molecule has 0 aliphatic heterocycles. The van der Waals surface area contributed by atoms with Crippen LogP contribution in [0.5, 0.6) is 0 Å². The molecule has 0 saturated heterocycles. The van der Waals surface area contributed by atoms with Crippen LogP contribution in [0.25, 0.3) is 0 Å². The number of hydrogen-bond donors (Lipinski definition) is 3. The molecule has 0 heterocycles. The summed E-state index contributed by atoms with van der Waals surface area (Å²) in [5.41, 5.74) is -1.93. The standard InChI is InChI=1S/C9H10O7/c1-9(8(14)15,4-2-6(10)11)16-5-3-7(12)13/h2-5H,1H3,(H,10,11)(H,12,13)(H,14,15). The van der Waals surface area contributed by atoms with E-state index in [1.807, 2.05) is 0 Å². The zero-order valence-electron chi connectivity index (χ0n) is 8.28. The highest BCUT2D eigenvalue weighted by Crippen LogP contribution is 2.13. The van der Waals surface area contributed by atoms with Crippen LogP contribution < -0.4 is 0 Å². The van der Waals surface area contributed by atoms with Gasteiger partial charge in [-0.25, -0.2) is 14.4 Å². The molecule has 0 aromatic heterocycles. The summed E-state index contributed by atoms with van der Waals surface area (Å²) >= 11 is 0. The van der Waals surface area contributed by atoms with Crippen molar-refractivity contribution >= 4 is 17.9 Å². The normalized spacial score (nSPS) is 14.8. The lowest BCUT2D eigenvalue weighted by molar-refractivity contribution is -0.152. The molecule has 0 fully saturated rings. The average Bonchev–Trinajstić information content (AvgIpc) is 2.13. The van der Waals surface area contributed by atoms with Crippen LogP contribution in [0.3, 0.4) is 0 Å². The molecule has 88 valence electrons. The molecule has 0 radical (unpaired) electrons. The number of aliphatic carboxylic acids is 3. The molecule has 0 spiro atoms. The molecular weight excluding hydrogens is 220 g/mol. The van der Waals surface area contributed by atoms with Crippen LogP contribution in [0.4, 0.5) is 0 Å². The Balaban J connectivity index is 4.77. The molecule has 0 aliphatic carbocycles. The Morgan fingerprint density at radius 1 is 1.06 bits per heavy atom. The minimum absolute atomic E-state index is 0.593. The fourth-order valence-electron chi connectivity index (χ4n) is 0.625. The first-order valence-corrected chi connectivity index (χ1v) is 4.01. The van der Waals surface area contributed by atoms with Gasteiger partial charge in [0.15, 0.2) is 0 Å². The van der Waals surface area contributed by atoms with Gasteiger partial charge < -0.3 is 20.1 Å². The molecule has 0 amide bonds. The second-order valence-corrected chi connectivity index (χ2v) is 2.84. The van der Waals surface area contributed by atoms with E-state index in [0.29, 0.717) is 18.4 Å². The van der Waals surface area contributed by atoms with Gasteiger partial charge in [0.1, 0.15) is 0 Å². The quantitative estimate of drug-likeness (QED) is 0.436. The van der Waals surface area contributed by atoms with Gasteiger partial charge in [-0.05, 0) is 13.0 Å². The van der Waals surface area contributed by atoms with Gasteiger partial charge in [-0.3, -0.25) is 0 Å². The van der Waals surface area contributed by atoms with E-state index in [0.717, 1.165) is 13.0 Å². The van der Waals surface area contributed by atoms with E-state index in [1.54, 1.807) is 0 Å². The van der Waals surface area contributed by atoms with Crippen LogP contribution in [0, 0.1) is 0 Å². The lowest BCUT2D eigenvalue weighted by Gasteiger charge is -2.19. The van der Waals surface area contributed by atoms with Crippen molar-refractivity contribution in [2.75, 3.05) is 0 Å². The Labute approximate surface area is 90.3 Å². The van der Waals surface area contributed by atoms with E-state index in [9.17, 15) is 14.4 Å². The molecule has 0 saturated carbocycles. The van der Waals surface area contributed by atoms with Gasteiger partial charge >= 0.3 is 17.9 Å². The minimum Gasteiger partial charge on any atom is -0.479 e. The average molecular weight is 230 g/mol. The van der Waals surface area contributed by atoms with Gasteiger partial charge in [0.25, 0.3) is 0 Å². The Morgan fingerprint density at radius 2 is 1.56 bits per heavy atom. The largest absolute Gasteiger partial charge is 0.479 e. The topological polar surface area (TPSA) is 121 Å². The number of hydrogen-bond acceptors (Lipinski definition) is 4. The molecule has 1 unspecified atom stereocenters. The maximum Gasteiger partial charge on any atom is 0.351 e. The number of carboxylic acids is 3. The molecule has 0 rings (SSSR count). The van der Waals surface area contributed by atoms with E-state index in [4.69, 9.17) is 15.3 Å². The Morgan fingerprint density at radius 3 is 1.94 bits per heavy atom. The summed E-state index contributed by atoms with van der Waals surface area (Å²) in [4.78, 5) is 31.1. The monoisotopic (exact) mass is 230 g/mol. The van der Waals surface area contributed by atoms with E-state index in [1.165, 1.54) is 0 Å². The summed E-state index contributed by atoms with van der Waals surface area (Å²) in [6.07, 6.45) is 2.66. The van der Waals surface area contributed by atoms with Crippen molar-refractivity contribution in [1.82, 2.24) is 0 Å². The molecule has 0 aromatic rings. The van der Waals surface area contributed by atoms with Crippen LogP contribution in [0.2, 0.25) is 0 Å². The summed E-state index contributed by atoms with van der Waals surface area (Å²) in [7, 11) is 0. The minimum atomic E-state index is -1.93. The van der Waals surface area contributed by atoms with Crippen molar-refractivity contribution < 1.29 is 34.4 Å². The zero-order chi connectivity index (χ0) is 12.8. The summed E-state index contributed by atoms with van der Waals surface area (Å²) in [6, 6.07) is 0. The second kappa shape index (κ2) is 5.54. The molecule has 7 nitrogen and oxygen atoms in total. The Kier molecular flexibility index (Phi) is 4.74. The summed E-state index contributed by atoms with van der Waals surface area (Å²) in [6.45, 7) is 1.08. The van der Waals surface area contributed by atoms with Gasteiger partial charge in [-0.15, -0.1) is 0 Å². The number of rotatable bonds is 6. The summed E-state index contributed by atoms with van der Waals surface area (Å²) < 4.78 is 4.64. The third-order valence-corrected chi connectivity index (χ3v) is 1.49. The van der Waals surface area contributed by atoms with Crippen molar-refractivity contribution in [3.05, 3.63) is 24.5 Å². The SMILES string of the molecule is CC(C=CC(=O)O)(OC=CC(=O)O)C(=O)O. The van der Waals surface area contributed by atoms with Crippen molar-refractivity contribution in [2.24, 2.45) is 0 Å². The third kappa shape index (κ3) is 4.80. The van der Waals surface area contributed by atoms with E-state index in [-0.39, 0.29) is 0 Å². The van der Waals surface area contributed by atoms with Crippen molar-refractivity contribution in [2.45, 2.75) is 12.5 Å². The number of carbonyl (C=O) groups is 3. The van der Waals surface area contributed by atoms with Gasteiger partial charge in [0.05, 0.1) is 12.3 Å². The summed E-state index contributed by atoms with van der Waals surface area (Å²) in [5.74, 6) is -4.09. The van der Waals surface area contributed by atoms with Crippen molar-refractivity contribution in [3.63, 3.8) is 0 Å². The first-order chi connectivity index (χ1) is 7.28. The maximum atomic E-state index is 10.8. The Hall–Kier alpha value is -2.31. The highest BCUT2D eigenvalue weighted by atomic mass is 16.5. The second-order valence-electron chi connectivity index (χ2n) is 2.84. The molecule has 3 N–H and O–H groups in total.